The highest BCUT2D eigenvalue weighted by Crippen LogP contribution is 2.22. The van der Waals surface area contributed by atoms with Crippen LogP contribution < -0.4 is 4.74 Å². The molecule has 0 fully saturated rings. The van der Waals surface area contributed by atoms with Crippen LogP contribution in [0.5, 0.6) is 5.75 Å². The van der Waals surface area contributed by atoms with Crippen LogP contribution in [0.1, 0.15) is 30.4 Å². The van der Waals surface area contributed by atoms with Crippen LogP contribution in [0, 0.1) is 6.92 Å². The van der Waals surface area contributed by atoms with Crippen molar-refractivity contribution in [3.63, 3.8) is 0 Å². The van der Waals surface area contributed by atoms with Gasteiger partial charge in [-0.15, -0.1) is 0 Å². The maximum Gasteiger partial charge on any atom is 0.226 e. The van der Waals surface area contributed by atoms with Gasteiger partial charge < -0.3 is 18.6 Å². The van der Waals surface area contributed by atoms with E-state index in [-0.39, 0.29) is 0 Å². The summed E-state index contributed by atoms with van der Waals surface area (Å²) in [5.41, 5.74) is 3.22. The van der Waals surface area contributed by atoms with Crippen LogP contribution >= 0.6 is 0 Å². The van der Waals surface area contributed by atoms with Crippen LogP contribution in [-0.2, 0) is 22.3 Å². The van der Waals surface area contributed by atoms with Gasteiger partial charge in [-0.05, 0) is 56.5 Å². The van der Waals surface area contributed by atoms with E-state index in [0.29, 0.717) is 32.1 Å². The summed E-state index contributed by atoms with van der Waals surface area (Å²) in [5.74, 6) is 2.38. The lowest BCUT2D eigenvalue weighted by atomic mass is 10.1. The van der Waals surface area contributed by atoms with Crippen LogP contribution in [0.2, 0.25) is 0 Å². The molecular formula is C25H31NO4. The summed E-state index contributed by atoms with van der Waals surface area (Å²) in [7, 11) is 0. The Hall–Kier alpha value is -2.63. The van der Waals surface area contributed by atoms with Gasteiger partial charge in [-0.1, -0.05) is 30.3 Å². The second-order valence-corrected chi connectivity index (χ2v) is 7.04. The fourth-order valence-electron chi connectivity index (χ4n) is 3.12. The predicted molar refractivity (Wildman–Crippen MR) is 118 cm³/mol. The summed E-state index contributed by atoms with van der Waals surface area (Å²) in [4.78, 5) is 4.62. The molecular weight excluding hydrogens is 378 g/mol. The fraction of sp³-hybridized carbons (Fsp3) is 0.400. The van der Waals surface area contributed by atoms with Gasteiger partial charge in [-0.3, -0.25) is 0 Å². The average Bonchev–Trinajstić information content (AvgIpc) is 3.15. The monoisotopic (exact) mass is 409 g/mol. The first kappa shape index (κ1) is 22.1. The van der Waals surface area contributed by atoms with E-state index in [1.54, 1.807) is 0 Å². The van der Waals surface area contributed by atoms with E-state index in [9.17, 15) is 0 Å². The number of hydrogen-bond donors (Lipinski definition) is 0. The number of ether oxygens (including phenoxy) is 3. The Bertz CT molecular complexity index is 859. The lowest BCUT2D eigenvalue weighted by Gasteiger charge is -2.07. The molecule has 0 aliphatic heterocycles. The molecule has 5 nitrogen and oxygen atoms in total. The molecule has 30 heavy (non-hydrogen) atoms. The van der Waals surface area contributed by atoms with Crippen LogP contribution in [0.25, 0.3) is 11.5 Å². The average molecular weight is 410 g/mol. The van der Waals surface area contributed by atoms with Gasteiger partial charge >= 0.3 is 0 Å². The zero-order valence-electron chi connectivity index (χ0n) is 17.9. The molecule has 0 amide bonds. The molecule has 2 aromatic carbocycles. The summed E-state index contributed by atoms with van der Waals surface area (Å²) < 4.78 is 22.5. The van der Waals surface area contributed by atoms with E-state index in [0.717, 1.165) is 48.8 Å². The largest absolute Gasteiger partial charge is 0.493 e. The first-order chi connectivity index (χ1) is 14.8. The number of rotatable bonds is 13. The van der Waals surface area contributed by atoms with Crippen molar-refractivity contribution < 1.29 is 18.6 Å². The van der Waals surface area contributed by atoms with Gasteiger partial charge in [0.1, 0.15) is 11.5 Å². The van der Waals surface area contributed by atoms with Gasteiger partial charge in [0.05, 0.1) is 25.5 Å². The highest BCUT2D eigenvalue weighted by molar-refractivity contribution is 5.53. The van der Waals surface area contributed by atoms with E-state index >= 15 is 0 Å². The minimum Gasteiger partial charge on any atom is -0.493 e. The van der Waals surface area contributed by atoms with Crippen molar-refractivity contribution in [2.75, 3.05) is 33.0 Å². The first-order valence-corrected chi connectivity index (χ1v) is 10.6. The molecule has 0 aliphatic rings. The third kappa shape index (κ3) is 7.01. The van der Waals surface area contributed by atoms with Crippen molar-refractivity contribution in [2.45, 2.75) is 33.1 Å². The van der Waals surface area contributed by atoms with E-state index in [1.165, 1.54) is 5.56 Å². The third-order valence-corrected chi connectivity index (χ3v) is 4.77. The Labute approximate surface area is 179 Å². The molecule has 5 heteroatoms. The highest BCUT2D eigenvalue weighted by Gasteiger charge is 2.11. The Morgan fingerprint density at radius 3 is 2.37 bits per heavy atom. The van der Waals surface area contributed by atoms with Crippen LogP contribution in [0.3, 0.4) is 0 Å². The van der Waals surface area contributed by atoms with Crippen LogP contribution in [-0.4, -0.2) is 38.0 Å². The van der Waals surface area contributed by atoms with Gasteiger partial charge in [0.2, 0.25) is 5.89 Å². The molecule has 3 aromatic rings. The predicted octanol–water partition coefficient (Wildman–Crippen LogP) is 5.26. The molecule has 0 aliphatic carbocycles. The van der Waals surface area contributed by atoms with Gasteiger partial charge in [0, 0.05) is 25.2 Å². The Morgan fingerprint density at radius 2 is 1.60 bits per heavy atom. The van der Waals surface area contributed by atoms with Crippen molar-refractivity contribution in [1.29, 1.82) is 0 Å². The molecule has 1 aromatic heterocycles. The lowest BCUT2D eigenvalue weighted by Crippen LogP contribution is -2.05. The number of nitrogens with zero attached hydrogens (tertiary/aromatic N) is 1. The summed E-state index contributed by atoms with van der Waals surface area (Å²) in [6, 6.07) is 18.2. The van der Waals surface area contributed by atoms with Gasteiger partial charge in [0.15, 0.2) is 0 Å². The van der Waals surface area contributed by atoms with Crippen LogP contribution in [0.4, 0.5) is 0 Å². The van der Waals surface area contributed by atoms with Crippen molar-refractivity contribution >= 4 is 0 Å². The Balaban J connectivity index is 1.38. The molecule has 0 unspecified atom stereocenters. The Morgan fingerprint density at radius 1 is 0.833 bits per heavy atom. The topological polar surface area (TPSA) is 53.7 Å². The van der Waals surface area contributed by atoms with E-state index in [1.807, 2.05) is 56.3 Å². The van der Waals surface area contributed by atoms with Gasteiger partial charge in [-0.25, -0.2) is 4.98 Å². The second-order valence-electron chi connectivity index (χ2n) is 7.04. The molecule has 3 rings (SSSR count). The molecule has 0 N–H and O–H groups in total. The summed E-state index contributed by atoms with van der Waals surface area (Å²) in [6.07, 6.45) is 2.71. The minimum absolute atomic E-state index is 0.564. The van der Waals surface area contributed by atoms with E-state index in [2.05, 4.69) is 17.1 Å². The number of aromatic nitrogens is 1. The minimum atomic E-state index is 0.564. The smallest absolute Gasteiger partial charge is 0.226 e. The van der Waals surface area contributed by atoms with Crippen molar-refractivity contribution in [3.8, 4) is 17.2 Å². The summed E-state index contributed by atoms with van der Waals surface area (Å²) >= 11 is 0. The van der Waals surface area contributed by atoms with Crippen molar-refractivity contribution in [3.05, 3.63) is 71.6 Å². The quantitative estimate of drug-likeness (QED) is 0.361. The van der Waals surface area contributed by atoms with Crippen molar-refractivity contribution in [1.82, 2.24) is 4.98 Å². The molecule has 160 valence electrons. The molecule has 0 saturated heterocycles. The van der Waals surface area contributed by atoms with E-state index < -0.39 is 0 Å². The molecule has 0 bridgehead atoms. The van der Waals surface area contributed by atoms with Crippen LogP contribution in [0.15, 0.2) is 59.0 Å². The van der Waals surface area contributed by atoms with Gasteiger partial charge in [0.25, 0.3) is 0 Å². The summed E-state index contributed by atoms with van der Waals surface area (Å²) in [5, 5.41) is 0. The maximum absolute atomic E-state index is 5.90. The number of hydrogen-bond acceptors (Lipinski definition) is 5. The zero-order valence-corrected chi connectivity index (χ0v) is 17.9. The van der Waals surface area contributed by atoms with E-state index in [4.69, 9.17) is 18.6 Å². The SMILES string of the molecule is CCOCCOCCCc1ccc(OCCc2nc(-c3ccccc3)oc2C)cc1. The zero-order chi connectivity index (χ0) is 21.0. The van der Waals surface area contributed by atoms with Crippen molar-refractivity contribution in [2.24, 2.45) is 0 Å². The standard InChI is InChI=1S/C25H31NO4/c1-3-27-18-19-28-16-7-8-21-11-13-23(14-12-21)29-17-15-24-20(2)30-25(26-24)22-9-5-4-6-10-22/h4-6,9-14H,3,7-8,15-19H2,1-2H3. The normalized spacial score (nSPS) is 11.0. The summed E-state index contributed by atoms with van der Waals surface area (Å²) in [6.45, 7) is 7.34. The molecule has 1 heterocycles. The number of benzene rings is 2. The Kier molecular flexibility index (Phi) is 8.94. The first-order valence-electron chi connectivity index (χ1n) is 10.6. The molecule has 0 radical (unpaired) electrons. The second kappa shape index (κ2) is 12.2. The number of oxazole rings is 1. The highest BCUT2D eigenvalue weighted by atomic mass is 16.5. The molecule has 0 spiro atoms. The molecule has 0 atom stereocenters. The third-order valence-electron chi connectivity index (χ3n) is 4.77. The number of aryl methyl sites for hydroxylation is 2. The fourth-order valence-corrected chi connectivity index (χ4v) is 3.12. The van der Waals surface area contributed by atoms with Gasteiger partial charge in [-0.2, -0.15) is 0 Å². The maximum atomic E-state index is 5.90. The lowest BCUT2D eigenvalue weighted by molar-refractivity contribution is 0.0520. The molecule has 0 saturated carbocycles.